The molecule has 4 heteroatoms. The van der Waals surface area contributed by atoms with Gasteiger partial charge in [0.2, 0.25) is 5.91 Å². The number of amides is 1. The molecule has 1 amide bonds. The van der Waals surface area contributed by atoms with Crippen LogP contribution in [-0.2, 0) is 14.3 Å². The summed E-state index contributed by atoms with van der Waals surface area (Å²) in [6.07, 6.45) is 1.44. The van der Waals surface area contributed by atoms with Gasteiger partial charge in [0.1, 0.15) is 6.61 Å². The van der Waals surface area contributed by atoms with Gasteiger partial charge in [-0.25, -0.2) is 0 Å². The molecule has 0 N–H and O–H groups in total. The Labute approximate surface area is 106 Å². The molecule has 0 aromatic heterocycles. The number of carbonyl (C=O) groups is 2. The average molecular weight is 245 g/mol. The lowest BCUT2D eigenvalue weighted by molar-refractivity contribution is -0.141. The molecule has 1 saturated heterocycles. The third kappa shape index (κ3) is 1.60. The molecule has 2 unspecified atom stereocenters. The minimum Gasteiger partial charge on any atom is -0.465 e. The third-order valence-electron chi connectivity index (χ3n) is 3.78. The van der Waals surface area contributed by atoms with Gasteiger partial charge in [-0.2, -0.15) is 0 Å². The first-order chi connectivity index (χ1) is 8.68. The minimum atomic E-state index is -0.268. The lowest BCUT2D eigenvalue weighted by Crippen LogP contribution is -2.32. The molecule has 18 heavy (non-hydrogen) atoms. The first-order valence-electron chi connectivity index (χ1n) is 6.23. The van der Waals surface area contributed by atoms with Crippen molar-refractivity contribution in [1.82, 2.24) is 0 Å². The summed E-state index contributed by atoms with van der Waals surface area (Å²) < 4.78 is 5.15. The van der Waals surface area contributed by atoms with E-state index >= 15 is 0 Å². The molecule has 3 rings (SSSR count). The number of ether oxygens (including phenoxy) is 1. The molecule has 0 aliphatic carbocycles. The zero-order valence-corrected chi connectivity index (χ0v) is 10.3. The van der Waals surface area contributed by atoms with Crippen LogP contribution in [0.4, 0.5) is 5.69 Å². The second-order valence-corrected chi connectivity index (χ2v) is 4.84. The Morgan fingerprint density at radius 1 is 1.44 bits per heavy atom. The van der Waals surface area contributed by atoms with E-state index in [1.54, 1.807) is 0 Å². The monoisotopic (exact) mass is 245 g/mol. The summed E-state index contributed by atoms with van der Waals surface area (Å²) in [5.74, 6) is 0.0320. The summed E-state index contributed by atoms with van der Waals surface area (Å²) in [7, 11) is 0. The highest BCUT2D eigenvalue weighted by atomic mass is 16.5. The van der Waals surface area contributed by atoms with Crippen LogP contribution < -0.4 is 4.90 Å². The van der Waals surface area contributed by atoms with Gasteiger partial charge >= 0.3 is 5.97 Å². The number of nitrogens with zero attached hydrogens (tertiary/aromatic N) is 1. The van der Waals surface area contributed by atoms with Crippen LogP contribution in [0.2, 0.25) is 0 Å². The van der Waals surface area contributed by atoms with Gasteiger partial charge in [0.15, 0.2) is 0 Å². The SMILES string of the molecule is CC(=O)OCC1c2ccccc2N2C(=O)CCC12. The standard InChI is InChI=1S/C14H15NO3/c1-9(16)18-8-11-10-4-2-3-5-12(10)15-13(11)6-7-14(15)17/h2-5,11,13H,6-8H2,1H3. The molecule has 1 aromatic carbocycles. The van der Waals surface area contributed by atoms with Gasteiger partial charge < -0.3 is 9.64 Å². The highest BCUT2D eigenvalue weighted by Crippen LogP contribution is 2.46. The molecule has 0 saturated carbocycles. The Morgan fingerprint density at radius 3 is 3.00 bits per heavy atom. The second kappa shape index (κ2) is 4.12. The van der Waals surface area contributed by atoms with E-state index in [-0.39, 0.29) is 23.8 Å². The van der Waals surface area contributed by atoms with Crippen LogP contribution in [0, 0.1) is 0 Å². The van der Waals surface area contributed by atoms with E-state index < -0.39 is 0 Å². The van der Waals surface area contributed by atoms with Crippen LogP contribution in [0.15, 0.2) is 24.3 Å². The van der Waals surface area contributed by atoms with Gasteiger partial charge in [-0.15, -0.1) is 0 Å². The number of benzene rings is 1. The highest BCUT2D eigenvalue weighted by Gasteiger charge is 2.45. The van der Waals surface area contributed by atoms with Crippen LogP contribution in [0.1, 0.15) is 31.2 Å². The van der Waals surface area contributed by atoms with Gasteiger partial charge in [-0.3, -0.25) is 9.59 Å². The van der Waals surface area contributed by atoms with Crippen molar-refractivity contribution in [1.29, 1.82) is 0 Å². The average Bonchev–Trinajstić information content (AvgIpc) is 2.86. The van der Waals surface area contributed by atoms with Crippen molar-refractivity contribution in [2.75, 3.05) is 11.5 Å². The van der Waals surface area contributed by atoms with Crippen LogP contribution in [0.3, 0.4) is 0 Å². The summed E-state index contributed by atoms with van der Waals surface area (Å²) in [6.45, 7) is 1.78. The van der Waals surface area contributed by atoms with E-state index in [0.717, 1.165) is 17.7 Å². The fraction of sp³-hybridized carbons (Fsp3) is 0.429. The molecule has 2 aliphatic rings. The maximum atomic E-state index is 11.9. The molecule has 2 aliphatic heterocycles. The van der Waals surface area contributed by atoms with Gasteiger partial charge in [-0.1, -0.05) is 18.2 Å². The molecular weight excluding hydrogens is 230 g/mol. The summed E-state index contributed by atoms with van der Waals surface area (Å²) in [6, 6.07) is 8.06. The van der Waals surface area contributed by atoms with Crippen LogP contribution in [0.25, 0.3) is 0 Å². The molecule has 94 valence electrons. The van der Waals surface area contributed by atoms with Gasteiger partial charge in [0.25, 0.3) is 0 Å². The topological polar surface area (TPSA) is 46.6 Å². The third-order valence-corrected chi connectivity index (χ3v) is 3.78. The van der Waals surface area contributed by atoms with Crippen molar-refractivity contribution in [3.8, 4) is 0 Å². The maximum Gasteiger partial charge on any atom is 0.302 e. The zero-order valence-electron chi connectivity index (χ0n) is 10.3. The zero-order chi connectivity index (χ0) is 12.7. The largest absolute Gasteiger partial charge is 0.465 e. The molecule has 0 spiro atoms. The minimum absolute atomic E-state index is 0.122. The fourth-order valence-corrected chi connectivity index (χ4v) is 3.04. The van der Waals surface area contributed by atoms with Crippen molar-refractivity contribution < 1.29 is 14.3 Å². The molecule has 0 bridgehead atoms. The van der Waals surface area contributed by atoms with Gasteiger partial charge in [-0.05, 0) is 18.1 Å². The van der Waals surface area contributed by atoms with E-state index in [2.05, 4.69) is 0 Å². The molecule has 1 aromatic rings. The lowest BCUT2D eigenvalue weighted by Gasteiger charge is -2.20. The Morgan fingerprint density at radius 2 is 2.22 bits per heavy atom. The summed E-state index contributed by atoms with van der Waals surface area (Å²) in [5.41, 5.74) is 2.11. The van der Waals surface area contributed by atoms with Crippen molar-refractivity contribution in [3.63, 3.8) is 0 Å². The number of fused-ring (bicyclic) bond motifs is 3. The summed E-state index contributed by atoms with van der Waals surface area (Å²) in [4.78, 5) is 24.8. The van der Waals surface area contributed by atoms with Gasteiger partial charge in [0.05, 0.1) is 0 Å². The van der Waals surface area contributed by atoms with Crippen LogP contribution in [0.5, 0.6) is 0 Å². The first-order valence-corrected chi connectivity index (χ1v) is 6.23. The van der Waals surface area contributed by atoms with Crippen molar-refractivity contribution in [3.05, 3.63) is 29.8 Å². The van der Waals surface area contributed by atoms with E-state index in [4.69, 9.17) is 4.74 Å². The van der Waals surface area contributed by atoms with Crippen LogP contribution in [-0.4, -0.2) is 24.5 Å². The predicted octanol–water partition coefficient (Wildman–Crippen LogP) is 1.84. The predicted molar refractivity (Wildman–Crippen MR) is 66.3 cm³/mol. The number of rotatable bonds is 2. The van der Waals surface area contributed by atoms with E-state index in [0.29, 0.717) is 13.0 Å². The molecule has 0 radical (unpaired) electrons. The molecule has 2 atom stereocenters. The fourth-order valence-electron chi connectivity index (χ4n) is 3.04. The summed E-state index contributed by atoms with van der Waals surface area (Å²) in [5, 5.41) is 0. The van der Waals surface area contributed by atoms with Crippen molar-refractivity contribution >= 4 is 17.6 Å². The molecule has 4 nitrogen and oxygen atoms in total. The van der Waals surface area contributed by atoms with E-state index in [1.807, 2.05) is 29.2 Å². The van der Waals surface area contributed by atoms with Crippen molar-refractivity contribution in [2.45, 2.75) is 31.7 Å². The Balaban J connectivity index is 1.94. The van der Waals surface area contributed by atoms with E-state index in [1.165, 1.54) is 6.92 Å². The summed E-state index contributed by atoms with van der Waals surface area (Å²) >= 11 is 0. The Bertz CT molecular complexity index is 512. The smallest absolute Gasteiger partial charge is 0.302 e. The number of anilines is 1. The lowest BCUT2D eigenvalue weighted by atomic mass is 9.94. The molecule has 1 fully saturated rings. The molecular formula is C14H15NO3. The number of para-hydroxylation sites is 1. The Kier molecular flexibility index (Phi) is 2.58. The quantitative estimate of drug-likeness (QED) is 0.747. The number of hydrogen-bond donors (Lipinski definition) is 0. The second-order valence-electron chi connectivity index (χ2n) is 4.84. The highest BCUT2D eigenvalue weighted by molar-refractivity contribution is 5.99. The van der Waals surface area contributed by atoms with Crippen LogP contribution >= 0.6 is 0 Å². The number of esters is 1. The first kappa shape index (κ1) is 11.3. The normalized spacial score (nSPS) is 24.9. The van der Waals surface area contributed by atoms with Crippen molar-refractivity contribution in [2.24, 2.45) is 0 Å². The Hall–Kier alpha value is -1.84. The molecule has 2 heterocycles. The number of hydrogen-bond acceptors (Lipinski definition) is 3. The number of carbonyl (C=O) groups excluding carboxylic acids is 2. The maximum absolute atomic E-state index is 11.9. The van der Waals surface area contributed by atoms with Gasteiger partial charge in [0, 0.05) is 31.0 Å². The van der Waals surface area contributed by atoms with E-state index in [9.17, 15) is 9.59 Å².